The zero-order chi connectivity index (χ0) is 16.8. The fraction of sp³-hybridized carbons (Fsp3) is 0.409. The van der Waals surface area contributed by atoms with Gasteiger partial charge in [0.1, 0.15) is 11.9 Å². The van der Waals surface area contributed by atoms with E-state index in [0.717, 1.165) is 12.2 Å². The van der Waals surface area contributed by atoms with Gasteiger partial charge in [0.05, 0.1) is 10.9 Å². The van der Waals surface area contributed by atoms with Crippen LogP contribution in [0.15, 0.2) is 36.4 Å². The highest BCUT2D eigenvalue weighted by atomic mass is 16.5. The molecule has 2 heterocycles. The van der Waals surface area contributed by atoms with Crippen molar-refractivity contribution in [3.8, 4) is 5.75 Å². The monoisotopic (exact) mass is 320 g/mol. The summed E-state index contributed by atoms with van der Waals surface area (Å²) in [5.41, 5.74) is 5.40. The Bertz CT molecular complexity index is 875. The van der Waals surface area contributed by atoms with Gasteiger partial charge in [-0.2, -0.15) is 4.58 Å². The Kier molecular flexibility index (Phi) is 3.71. The molecule has 2 aliphatic rings. The van der Waals surface area contributed by atoms with Gasteiger partial charge in [0.15, 0.2) is 6.04 Å². The summed E-state index contributed by atoms with van der Waals surface area (Å²) in [7, 11) is 0. The lowest BCUT2D eigenvalue weighted by Gasteiger charge is -2.11. The van der Waals surface area contributed by atoms with Crippen LogP contribution in [0.1, 0.15) is 51.7 Å². The molecule has 2 aliphatic heterocycles. The van der Waals surface area contributed by atoms with Gasteiger partial charge < -0.3 is 4.74 Å². The lowest BCUT2D eigenvalue weighted by Crippen LogP contribution is -2.22. The number of ether oxygens (including phenoxy) is 1. The summed E-state index contributed by atoms with van der Waals surface area (Å²) in [5, 5.41) is 2.64. The Hall–Kier alpha value is -2.09. The largest absolute Gasteiger partial charge is 0.489 e. The first-order valence-electron chi connectivity index (χ1n) is 9.20. The first-order valence-corrected chi connectivity index (χ1v) is 9.20. The molecule has 0 radical (unpaired) electrons. The van der Waals surface area contributed by atoms with Gasteiger partial charge in [-0.05, 0) is 33.3 Å². The van der Waals surface area contributed by atoms with E-state index in [1.165, 1.54) is 46.1 Å². The van der Waals surface area contributed by atoms with Crippen molar-refractivity contribution >= 4 is 22.2 Å². The molecule has 2 nitrogen and oxygen atoms in total. The number of hydrogen-bond acceptors (Lipinski definition) is 1. The second kappa shape index (κ2) is 5.77. The molecule has 2 atom stereocenters. The molecular formula is C22H26NO+. The quantitative estimate of drug-likeness (QED) is 0.689. The average molecular weight is 320 g/mol. The molecule has 4 rings (SSSR count). The molecule has 2 aromatic rings. The van der Waals surface area contributed by atoms with Crippen molar-refractivity contribution in [2.24, 2.45) is 0 Å². The Balaban J connectivity index is 2.03. The molecule has 0 aliphatic carbocycles. The zero-order valence-corrected chi connectivity index (χ0v) is 15.1. The Labute approximate surface area is 144 Å². The molecule has 2 aromatic carbocycles. The van der Waals surface area contributed by atoms with E-state index in [1.807, 2.05) is 0 Å². The second-order valence-electron chi connectivity index (χ2n) is 7.14. The minimum absolute atomic E-state index is 0.280. The third-order valence-electron chi connectivity index (χ3n) is 5.26. The van der Waals surface area contributed by atoms with Gasteiger partial charge in [0, 0.05) is 35.9 Å². The van der Waals surface area contributed by atoms with Crippen molar-refractivity contribution < 1.29 is 9.31 Å². The molecule has 2 unspecified atom stereocenters. The van der Waals surface area contributed by atoms with E-state index in [0.29, 0.717) is 6.04 Å². The fourth-order valence-corrected chi connectivity index (χ4v) is 4.35. The summed E-state index contributed by atoms with van der Waals surface area (Å²) < 4.78 is 8.70. The van der Waals surface area contributed by atoms with Crippen LogP contribution >= 0.6 is 0 Å². The predicted molar refractivity (Wildman–Crippen MR) is 101 cm³/mol. The van der Waals surface area contributed by atoms with Crippen molar-refractivity contribution in [3.05, 3.63) is 47.5 Å². The van der Waals surface area contributed by atoms with E-state index in [-0.39, 0.29) is 6.10 Å². The van der Waals surface area contributed by atoms with Crippen LogP contribution in [-0.4, -0.2) is 22.4 Å². The van der Waals surface area contributed by atoms with Crippen molar-refractivity contribution in [3.63, 3.8) is 0 Å². The molecule has 124 valence electrons. The van der Waals surface area contributed by atoms with Gasteiger partial charge in [0.2, 0.25) is 11.4 Å². The van der Waals surface area contributed by atoms with Gasteiger partial charge in [-0.1, -0.05) is 25.1 Å². The van der Waals surface area contributed by atoms with Crippen LogP contribution in [0, 0.1) is 0 Å². The highest BCUT2D eigenvalue weighted by Gasteiger charge is 2.37. The first kappa shape index (κ1) is 15.4. The SMILES string of the molecule is C/C=C/C1=[N+](C(C)CCC)c2cc3c(c4cccc1c24)OC(C)C3. The summed E-state index contributed by atoms with van der Waals surface area (Å²) in [6, 6.07) is 9.53. The first-order chi connectivity index (χ1) is 11.7. The number of benzene rings is 2. The van der Waals surface area contributed by atoms with E-state index in [4.69, 9.17) is 4.74 Å². The number of fused-ring (bicyclic) bond motifs is 2. The highest BCUT2D eigenvalue weighted by molar-refractivity contribution is 6.20. The minimum atomic E-state index is 0.280. The number of rotatable bonds is 4. The maximum atomic E-state index is 6.15. The molecule has 0 bridgehead atoms. The van der Waals surface area contributed by atoms with Gasteiger partial charge in [-0.3, -0.25) is 0 Å². The summed E-state index contributed by atoms with van der Waals surface area (Å²) in [6.07, 6.45) is 8.10. The van der Waals surface area contributed by atoms with Crippen molar-refractivity contribution in [1.82, 2.24) is 0 Å². The van der Waals surface area contributed by atoms with E-state index in [1.54, 1.807) is 0 Å². The minimum Gasteiger partial charge on any atom is -0.489 e. The zero-order valence-electron chi connectivity index (χ0n) is 15.1. The molecular weight excluding hydrogens is 294 g/mol. The second-order valence-corrected chi connectivity index (χ2v) is 7.14. The molecule has 0 saturated heterocycles. The normalized spacial score (nSPS) is 20.1. The van der Waals surface area contributed by atoms with E-state index >= 15 is 0 Å². The van der Waals surface area contributed by atoms with Crippen LogP contribution in [0.3, 0.4) is 0 Å². The van der Waals surface area contributed by atoms with Gasteiger partial charge >= 0.3 is 0 Å². The van der Waals surface area contributed by atoms with Gasteiger partial charge in [0.25, 0.3) is 0 Å². The molecule has 0 spiro atoms. The fourth-order valence-electron chi connectivity index (χ4n) is 4.35. The molecule has 0 fully saturated rings. The molecule has 0 N–H and O–H groups in total. The maximum absolute atomic E-state index is 6.15. The average Bonchev–Trinajstić information content (AvgIpc) is 3.08. The van der Waals surface area contributed by atoms with E-state index < -0.39 is 0 Å². The van der Waals surface area contributed by atoms with Crippen LogP contribution in [0.4, 0.5) is 5.69 Å². The van der Waals surface area contributed by atoms with Gasteiger partial charge in [-0.15, -0.1) is 0 Å². The summed E-state index contributed by atoms with van der Waals surface area (Å²) in [6.45, 7) is 8.87. The van der Waals surface area contributed by atoms with E-state index in [2.05, 4.69) is 68.7 Å². The van der Waals surface area contributed by atoms with Crippen LogP contribution in [0.25, 0.3) is 10.8 Å². The number of allylic oxidation sites excluding steroid dienone is 2. The third-order valence-corrected chi connectivity index (χ3v) is 5.26. The number of nitrogens with zero attached hydrogens (tertiary/aromatic N) is 1. The Morgan fingerprint density at radius 1 is 1.38 bits per heavy atom. The molecule has 0 amide bonds. The Morgan fingerprint density at radius 2 is 2.21 bits per heavy atom. The molecule has 0 aromatic heterocycles. The summed E-state index contributed by atoms with van der Waals surface area (Å²) >= 11 is 0. The predicted octanol–water partition coefficient (Wildman–Crippen LogP) is 5.37. The van der Waals surface area contributed by atoms with Crippen LogP contribution in [-0.2, 0) is 6.42 Å². The van der Waals surface area contributed by atoms with Crippen LogP contribution < -0.4 is 4.74 Å². The number of hydrogen-bond donors (Lipinski definition) is 0. The smallest absolute Gasteiger partial charge is 0.215 e. The standard InChI is InChI=1S/C22H26NO/c1-5-8-14(3)23-19(9-6-2)17-10-7-11-18-21(17)20(23)13-16-12-15(4)24-22(16)18/h6-7,9-11,13-15H,5,8,12H2,1-4H3/q+1/b9-6+. The van der Waals surface area contributed by atoms with Crippen molar-refractivity contribution in [2.45, 2.75) is 59.1 Å². The molecule has 24 heavy (non-hydrogen) atoms. The summed E-state index contributed by atoms with van der Waals surface area (Å²) in [5.74, 6) is 1.10. The lowest BCUT2D eigenvalue weighted by molar-refractivity contribution is -0.477. The highest BCUT2D eigenvalue weighted by Crippen LogP contribution is 2.46. The lowest BCUT2D eigenvalue weighted by atomic mass is 9.98. The van der Waals surface area contributed by atoms with E-state index in [9.17, 15) is 0 Å². The third kappa shape index (κ3) is 2.12. The van der Waals surface area contributed by atoms with Crippen molar-refractivity contribution in [1.29, 1.82) is 0 Å². The van der Waals surface area contributed by atoms with Crippen molar-refractivity contribution in [2.75, 3.05) is 0 Å². The van der Waals surface area contributed by atoms with Crippen LogP contribution in [0.2, 0.25) is 0 Å². The Morgan fingerprint density at radius 3 is 2.96 bits per heavy atom. The molecule has 2 heteroatoms. The maximum Gasteiger partial charge on any atom is 0.215 e. The topological polar surface area (TPSA) is 12.2 Å². The van der Waals surface area contributed by atoms with Crippen LogP contribution in [0.5, 0.6) is 5.75 Å². The molecule has 0 saturated carbocycles. The van der Waals surface area contributed by atoms with Gasteiger partial charge in [-0.25, -0.2) is 0 Å². The summed E-state index contributed by atoms with van der Waals surface area (Å²) in [4.78, 5) is 0.